The number of pyridine rings is 1. The number of aliphatic hydroxyl groups is 1. The molecule has 0 aliphatic rings. The van der Waals surface area contributed by atoms with Gasteiger partial charge >= 0.3 is 0 Å². The molecule has 2 aromatic rings. The molecule has 4 heteroatoms. The standard InChI is InChI=1S/C16H15ClN2O/c17-16-8-4-7-15(19-16)13(9-10-20)14(11-18)12-5-2-1-3-6-12/h1-8,13-14,20H,9-10H2/t13-,14+/m0/s1. The quantitative estimate of drug-likeness (QED) is 0.856. The first-order chi connectivity index (χ1) is 9.76. The molecule has 0 radical (unpaired) electrons. The Morgan fingerprint density at radius 2 is 1.90 bits per heavy atom. The molecule has 2 atom stereocenters. The molecule has 0 amide bonds. The lowest BCUT2D eigenvalue weighted by Crippen LogP contribution is -2.13. The molecule has 0 unspecified atom stereocenters. The Bertz CT molecular complexity index is 595. The molecule has 1 aromatic heterocycles. The van der Waals surface area contributed by atoms with Crippen LogP contribution in [0.4, 0.5) is 0 Å². The number of aliphatic hydroxyl groups excluding tert-OH is 1. The van der Waals surface area contributed by atoms with E-state index in [4.69, 9.17) is 11.6 Å². The van der Waals surface area contributed by atoms with Crippen molar-refractivity contribution in [3.8, 4) is 6.07 Å². The SMILES string of the molecule is N#C[C@H](c1ccccc1)[C@H](CCO)c1cccc(Cl)n1. The second-order valence-corrected chi connectivity index (χ2v) is 4.91. The minimum absolute atomic E-state index is 0.00384. The number of nitrogens with zero attached hydrogens (tertiary/aromatic N) is 2. The highest BCUT2D eigenvalue weighted by Gasteiger charge is 2.25. The summed E-state index contributed by atoms with van der Waals surface area (Å²) in [6.07, 6.45) is 0.473. The average Bonchev–Trinajstić information content (AvgIpc) is 2.48. The third kappa shape index (κ3) is 3.36. The molecule has 0 fully saturated rings. The Hall–Kier alpha value is -1.89. The molecule has 0 aliphatic heterocycles. The third-order valence-electron chi connectivity index (χ3n) is 3.26. The van der Waals surface area contributed by atoms with E-state index in [-0.39, 0.29) is 18.4 Å². The van der Waals surface area contributed by atoms with Gasteiger partial charge in [-0.2, -0.15) is 5.26 Å². The highest BCUT2D eigenvalue weighted by Crippen LogP contribution is 2.34. The minimum atomic E-state index is -0.352. The predicted octanol–water partition coefficient (Wildman–Crippen LogP) is 3.51. The molecular weight excluding hydrogens is 272 g/mol. The summed E-state index contributed by atoms with van der Waals surface area (Å²) in [4.78, 5) is 4.29. The van der Waals surface area contributed by atoms with Crippen molar-refractivity contribution in [2.75, 3.05) is 6.61 Å². The zero-order valence-electron chi connectivity index (χ0n) is 10.9. The van der Waals surface area contributed by atoms with Crippen molar-refractivity contribution in [1.29, 1.82) is 5.26 Å². The van der Waals surface area contributed by atoms with Gasteiger partial charge in [-0.1, -0.05) is 48.0 Å². The lowest BCUT2D eigenvalue weighted by Gasteiger charge is -2.21. The summed E-state index contributed by atoms with van der Waals surface area (Å²) in [7, 11) is 0. The molecule has 102 valence electrons. The fourth-order valence-corrected chi connectivity index (χ4v) is 2.48. The second kappa shape index (κ2) is 7.04. The maximum absolute atomic E-state index is 9.51. The number of nitriles is 1. The maximum atomic E-state index is 9.51. The van der Waals surface area contributed by atoms with Gasteiger partial charge in [0.25, 0.3) is 0 Å². The van der Waals surface area contributed by atoms with Crippen LogP contribution in [-0.2, 0) is 0 Å². The highest BCUT2D eigenvalue weighted by molar-refractivity contribution is 6.29. The Kier molecular flexibility index (Phi) is 5.11. The zero-order valence-corrected chi connectivity index (χ0v) is 11.7. The molecule has 0 saturated heterocycles. The van der Waals surface area contributed by atoms with Crippen molar-refractivity contribution < 1.29 is 5.11 Å². The van der Waals surface area contributed by atoms with Crippen molar-refractivity contribution in [3.05, 3.63) is 64.9 Å². The van der Waals surface area contributed by atoms with Crippen molar-refractivity contribution in [3.63, 3.8) is 0 Å². The van der Waals surface area contributed by atoms with Gasteiger partial charge < -0.3 is 5.11 Å². The largest absolute Gasteiger partial charge is 0.396 e. The first kappa shape index (κ1) is 14.5. The summed E-state index contributed by atoms with van der Waals surface area (Å²) in [6.45, 7) is 0.00384. The summed E-state index contributed by atoms with van der Waals surface area (Å²) in [6, 6.07) is 17.2. The van der Waals surface area contributed by atoms with Crippen molar-refractivity contribution in [2.24, 2.45) is 0 Å². The van der Waals surface area contributed by atoms with Gasteiger partial charge in [0.05, 0.1) is 12.0 Å². The van der Waals surface area contributed by atoms with E-state index in [1.807, 2.05) is 42.5 Å². The zero-order chi connectivity index (χ0) is 14.4. The van der Waals surface area contributed by atoms with Crippen LogP contribution in [0.25, 0.3) is 0 Å². The number of hydrogen-bond acceptors (Lipinski definition) is 3. The Morgan fingerprint density at radius 3 is 2.50 bits per heavy atom. The van der Waals surface area contributed by atoms with Gasteiger partial charge in [0.15, 0.2) is 0 Å². The molecule has 1 aromatic carbocycles. The average molecular weight is 287 g/mol. The molecule has 0 bridgehead atoms. The van der Waals surface area contributed by atoms with Crippen molar-refractivity contribution in [2.45, 2.75) is 18.3 Å². The Balaban J connectivity index is 2.39. The fraction of sp³-hybridized carbons (Fsp3) is 0.250. The normalized spacial score (nSPS) is 13.4. The van der Waals surface area contributed by atoms with Crippen molar-refractivity contribution >= 4 is 11.6 Å². The van der Waals surface area contributed by atoms with Crippen LogP contribution in [0.5, 0.6) is 0 Å². The molecule has 3 nitrogen and oxygen atoms in total. The molecule has 0 aliphatic carbocycles. The van der Waals surface area contributed by atoms with Crippen LogP contribution in [-0.4, -0.2) is 16.7 Å². The summed E-state index contributed by atoms with van der Waals surface area (Å²) in [5, 5.41) is 19.2. The summed E-state index contributed by atoms with van der Waals surface area (Å²) >= 11 is 5.93. The van der Waals surface area contributed by atoms with Crippen molar-refractivity contribution in [1.82, 2.24) is 4.98 Å². The lowest BCUT2D eigenvalue weighted by molar-refractivity contribution is 0.271. The van der Waals surface area contributed by atoms with E-state index in [2.05, 4.69) is 11.1 Å². The van der Waals surface area contributed by atoms with E-state index in [9.17, 15) is 10.4 Å². The van der Waals surface area contributed by atoms with Crippen LogP contribution < -0.4 is 0 Å². The van der Waals surface area contributed by atoms with Crippen LogP contribution in [0.1, 0.15) is 29.5 Å². The van der Waals surface area contributed by atoms with Gasteiger partial charge in [0, 0.05) is 18.2 Å². The smallest absolute Gasteiger partial charge is 0.129 e. The lowest BCUT2D eigenvalue weighted by atomic mass is 9.82. The highest BCUT2D eigenvalue weighted by atomic mass is 35.5. The topological polar surface area (TPSA) is 56.9 Å². The van der Waals surface area contributed by atoms with Gasteiger partial charge in [-0.25, -0.2) is 4.98 Å². The molecule has 20 heavy (non-hydrogen) atoms. The first-order valence-electron chi connectivity index (χ1n) is 6.44. The molecular formula is C16H15ClN2O. The van der Waals surface area contributed by atoms with E-state index in [0.717, 1.165) is 11.3 Å². The van der Waals surface area contributed by atoms with E-state index >= 15 is 0 Å². The number of aromatic nitrogens is 1. The van der Waals surface area contributed by atoms with E-state index in [0.29, 0.717) is 11.6 Å². The Labute approximate surface area is 123 Å². The summed E-state index contributed by atoms with van der Waals surface area (Å²) < 4.78 is 0. The van der Waals surface area contributed by atoms with Gasteiger partial charge in [0.1, 0.15) is 5.15 Å². The Morgan fingerprint density at radius 1 is 1.15 bits per heavy atom. The first-order valence-corrected chi connectivity index (χ1v) is 6.82. The maximum Gasteiger partial charge on any atom is 0.129 e. The summed E-state index contributed by atoms with van der Waals surface area (Å²) in [5.41, 5.74) is 1.66. The molecule has 0 spiro atoms. The van der Waals surface area contributed by atoms with Gasteiger partial charge in [0.2, 0.25) is 0 Å². The molecule has 2 rings (SSSR count). The molecule has 1 heterocycles. The molecule has 1 N–H and O–H groups in total. The third-order valence-corrected chi connectivity index (χ3v) is 3.47. The predicted molar refractivity (Wildman–Crippen MR) is 78.5 cm³/mol. The van der Waals surface area contributed by atoms with E-state index < -0.39 is 0 Å². The monoisotopic (exact) mass is 286 g/mol. The van der Waals surface area contributed by atoms with E-state index in [1.54, 1.807) is 6.07 Å². The minimum Gasteiger partial charge on any atom is -0.396 e. The number of benzene rings is 1. The van der Waals surface area contributed by atoms with E-state index in [1.165, 1.54) is 0 Å². The van der Waals surface area contributed by atoms with Crippen LogP contribution in [0.15, 0.2) is 48.5 Å². The number of halogens is 1. The van der Waals surface area contributed by atoms with Gasteiger partial charge in [-0.3, -0.25) is 0 Å². The number of rotatable bonds is 5. The van der Waals surface area contributed by atoms with Crippen LogP contribution in [0, 0.1) is 11.3 Å². The molecule has 0 saturated carbocycles. The van der Waals surface area contributed by atoms with Crippen LogP contribution in [0.2, 0.25) is 5.15 Å². The van der Waals surface area contributed by atoms with Crippen LogP contribution in [0.3, 0.4) is 0 Å². The van der Waals surface area contributed by atoms with Gasteiger partial charge in [-0.15, -0.1) is 0 Å². The van der Waals surface area contributed by atoms with Gasteiger partial charge in [-0.05, 0) is 24.1 Å². The van der Waals surface area contributed by atoms with Crippen LogP contribution >= 0.6 is 11.6 Å². The summed E-state index contributed by atoms with van der Waals surface area (Å²) in [5.74, 6) is -0.527. The number of hydrogen-bond donors (Lipinski definition) is 1. The second-order valence-electron chi connectivity index (χ2n) is 4.52. The fourth-order valence-electron chi connectivity index (χ4n) is 2.31.